The second kappa shape index (κ2) is 9.74. The van der Waals surface area contributed by atoms with Gasteiger partial charge in [-0.1, -0.05) is 35.9 Å². The number of hydrogen-bond acceptors (Lipinski definition) is 4. The van der Waals surface area contributed by atoms with Crippen LogP contribution in [0.5, 0.6) is 11.5 Å². The molecule has 5 heteroatoms. The van der Waals surface area contributed by atoms with Gasteiger partial charge in [0.05, 0.1) is 0 Å². The van der Waals surface area contributed by atoms with E-state index in [-0.39, 0.29) is 23.2 Å². The van der Waals surface area contributed by atoms with E-state index in [2.05, 4.69) is 5.32 Å². The normalized spacial score (nSPS) is 10.6. The molecule has 0 fully saturated rings. The Morgan fingerprint density at radius 2 is 1.37 bits per heavy atom. The van der Waals surface area contributed by atoms with E-state index in [4.69, 9.17) is 0 Å². The summed E-state index contributed by atoms with van der Waals surface area (Å²) in [6.45, 7) is 1.98. The SMILES string of the molecule is Cc1ccc(C(=O)Nc2ccc(CCC(=O)CCc3ccc(O)c(O)c3)cc2)cc1. The molecule has 0 aromatic heterocycles. The first-order chi connectivity index (χ1) is 14.4. The van der Waals surface area contributed by atoms with Gasteiger partial charge in [0.15, 0.2) is 11.5 Å². The summed E-state index contributed by atoms with van der Waals surface area (Å²) in [5, 5.41) is 21.7. The van der Waals surface area contributed by atoms with Crippen LogP contribution in [0.3, 0.4) is 0 Å². The van der Waals surface area contributed by atoms with Gasteiger partial charge in [-0.15, -0.1) is 0 Å². The summed E-state index contributed by atoms with van der Waals surface area (Å²) in [4.78, 5) is 24.4. The van der Waals surface area contributed by atoms with Crippen molar-refractivity contribution in [3.05, 3.63) is 89.0 Å². The molecule has 0 aliphatic rings. The highest BCUT2D eigenvalue weighted by atomic mass is 16.3. The minimum atomic E-state index is -0.172. The number of amides is 1. The quantitative estimate of drug-likeness (QED) is 0.472. The van der Waals surface area contributed by atoms with Gasteiger partial charge in [0, 0.05) is 24.1 Å². The molecule has 30 heavy (non-hydrogen) atoms. The first-order valence-electron chi connectivity index (χ1n) is 9.90. The highest BCUT2D eigenvalue weighted by Crippen LogP contribution is 2.25. The van der Waals surface area contributed by atoms with Crippen molar-refractivity contribution in [3.63, 3.8) is 0 Å². The number of rotatable bonds is 8. The maximum atomic E-state index is 12.3. The Hall–Kier alpha value is -3.60. The van der Waals surface area contributed by atoms with Crippen molar-refractivity contribution in [3.8, 4) is 11.5 Å². The largest absolute Gasteiger partial charge is 0.504 e. The van der Waals surface area contributed by atoms with Gasteiger partial charge in [-0.05, 0) is 67.3 Å². The first-order valence-corrected chi connectivity index (χ1v) is 9.90. The summed E-state index contributed by atoms with van der Waals surface area (Å²) in [5.41, 5.74) is 4.26. The van der Waals surface area contributed by atoms with Crippen molar-refractivity contribution in [1.29, 1.82) is 0 Å². The molecule has 0 saturated heterocycles. The number of phenolic OH excluding ortho intramolecular Hbond substituents is 2. The van der Waals surface area contributed by atoms with Crippen molar-refractivity contribution in [2.45, 2.75) is 32.6 Å². The fourth-order valence-electron chi connectivity index (χ4n) is 3.08. The van der Waals surface area contributed by atoms with Crippen LogP contribution in [-0.2, 0) is 17.6 Å². The van der Waals surface area contributed by atoms with Crippen molar-refractivity contribution in [1.82, 2.24) is 0 Å². The fourth-order valence-corrected chi connectivity index (χ4v) is 3.08. The molecule has 3 N–H and O–H groups in total. The molecule has 3 aromatic carbocycles. The molecule has 0 heterocycles. The molecule has 0 atom stereocenters. The van der Waals surface area contributed by atoms with Gasteiger partial charge >= 0.3 is 0 Å². The van der Waals surface area contributed by atoms with E-state index in [1.807, 2.05) is 43.3 Å². The molecule has 1 amide bonds. The number of phenols is 2. The summed E-state index contributed by atoms with van der Waals surface area (Å²) >= 11 is 0. The Labute approximate surface area is 176 Å². The monoisotopic (exact) mass is 403 g/mol. The number of benzene rings is 3. The summed E-state index contributed by atoms with van der Waals surface area (Å²) in [6, 6.07) is 19.5. The van der Waals surface area contributed by atoms with Gasteiger partial charge in [0.25, 0.3) is 5.91 Å². The molecule has 3 aromatic rings. The Morgan fingerprint density at radius 1 is 0.767 bits per heavy atom. The Balaban J connectivity index is 1.45. The molecule has 0 aliphatic carbocycles. The predicted molar refractivity (Wildman–Crippen MR) is 117 cm³/mol. The maximum absolute atomic E-state index is 12.3. The number of ketones is 1. The molecule has 0 radical (unpaired) electrons. The van der Waals surface area contributed by atoms with Crippen molar-refractivity contribution in [2.24, 2.45) is 0 Å². The molecule has 3 rings (SSSR count). The third-order valence-electron chi connectivity index (χ3n) is 4.95. The standard InChI is InChI=1S/C25H25NO4/c1-17-2-9-20(10-3-17)25(30)26-21-11-4-18(5-12-21)6-13-22(27)14-7-19-8-15-23(28)24(29)16-19/h2-5,8-12,15-16,28-29H,6-7,13-14H2,1H3,(H,26,30). The third kappa shape index (κ3) is 5.95. The molecule has 154 valence electrons. The molecule has 0 spiro atoms. The lowest BCUT2D eigenvalue weighted by Gasteiger charge is -2.07. The smallest absolute Gasteiger partial charge is 0.255 e. The predicted octanol–water partition coefficient (Wildman–Crippen LogP) is 4.79. The summed E-state index contributed by atoms with van der Waals surface area (Å²) in [5.74, 6) is -0.351. The van der Waals surface area contributed by atoms with Gasteiger partial charge in [0.1, 0.15) is 5.78 Å². The average Bonchev–Trinajstić information content (AvgIpc) is 2.74. The molecular formula is C25H25NO4. The Bertz CT molecular complexity index is 1020. The van der Waals surface area contributed by atoms with Crippen LogP contribution in [0.4, 0.5) is 5.69 Å². The van der Waals surface area contributed by atoms with E-state index >= 15 is 0 Å². The summed E-state index contributed by atoms with van der Waals surface area (Å²) in [6.07, 6.45) is 1.97. The van der Waals surface area contributed by atoms with Crippen LogP contribution >= 0.6 is 0 Å². The Morgan fingerprint density at radius 3 is 2.00 bits per heavy atom. The van der Waals surface area contributed by atoms with Crippen LogP contribution in [0.2, 0.25) is 0 Å². The van der Waals surface area contributed by atoms with Gasteiger partial charge in [-0.2, -0.15) is 0 Å². The van der Waals surface area contributed by atoms with Crippen LogP contribution in [0.15, 0.2) is 66.7 Å². The fraction of sp³-hybridized carbons (Fsp3) is 0.200. The van der Waals surface area contributed by atoms with Crippen molar-refractivity contribution >= 4 is 17.4 Å². The van der Waals surface area contributed by atoms with Gasteiger partial charge in [-0.3, -0.25) is 9.59 Å². The van der Waals surface area contributed by atoms with E-state index in [1.54, 1.807) is 18.2 Å². The second-order valence-corrected chi connectivity index (χ2v) is 7.38. The molecule has 0 unspecified atom stereocenters. The highest BCUT2D eigenvalue weighted by Gasteiger charge is 2.08. The van der Waals surface area contributed by atoms with Crippen LogP contribution in [0, 0.1) is 6.92 Å². The molecule has 0 saturated carbocycles. The van der Waals surface area contributed by atoms with E-state index < -0.39 is 0 Å². The zero-order chi connectivity index (χ0) is 21.5. The van der Waals surface area contributed by atoms with Gasteiger partial charge in [0.2, 0.25) is 0 Å². The molecule has 0 aliphatic heterocycles. The molecular weight excluding hydrogens is 378 g/mol. The van der Waals surface area contributed by atoms with Crippen LogP contribution in [-0.4, -0.2) is 21.9 Å². The zero-order valence-corrected chi connectivity index (χ0v) is 16.9. The lowest BCUT2D eigenvalue weighted by atomic mass is 10.0. The third-order valence-corrected chi connectivity index (χ3v) is 4.95. The lowest BCUT2D eigenvalue weighted by molar-refractivity contribution is -0.119. The number of Topliss-reactive ketones (excluding diaryl/α,β-unsaturated/α-hetero) is 1. The van der Waals surface area contributed by atoms with E-state index in [1.165, 1.54) is 12.1 Å². The van der Waals surface area contributed by atoms with Crippen molar-refractivity contribution in [2.75, 3.05) is 5.32 Å². The number of carbonyl (C=O) groups excluding carboxylic acids is 2. The minimum absolute atomic E-state index is 0.138. The zero-order valence-electron chi connectivity index (χ0n) is 16.9. The van der Waals surface area contributed by atoms with E-state index in [0.717, 1.165) is 16.7 Å². The highest BCUT2D eigenvalue weighted by molar-refractivity contribution is 6.04. The maximum Gasteiger partial charge on any atom is 0.255 e. The topological polar surface area (TPSA) is 86.6 Å². The number of aryl methyl sites for hydroxylation is 3. The summed E-state index contributed by atoms with van der Waals surface area (Å²) < 4.78 is 0. The van der Waals surface area contributed by atoms with E-state index in [9.17, 15) is 19.8 Å². The molecule has 5 nitrogen and oxygen atoms in total. The molecule has 0 bridgehead atoms. The number of hydrogen-bond donors (Lipinski definition) is 3. The second-order valence-electron chi connectivity index (χ2n) is 7.38. The minimum Gasteiger partial charge on any atom is -0.504 e. The number of nitrogens with one attached hydrogen (secondary N) is 1. The van der Waals surface area contributed by atoms with Crippen LogP contribution < -0.4 is 5.32 Å². The lowest BCUT2D eigenvalue weighted by Crippen LogP contribution is -2.11. The first kappa shape index (κ1) is 21.1. The van der Waals surface area contributed by atoms with Crippen LogP contribution in [0.1, 0.15) is 39.9 Å². The van der Waals surface area contributed by atoms with Crippen LogP contribution in [0.25, 0.3) is 0 Å². The number of carbonyl (C=O) groups is 2. The van der Waals surface area contributed by atoms with E-state index in [0.29, 0.717) is 36.9 Å². The number of anilines is 1. The number of aromatic hydroxyl groups is 2. The Kier molecular flexibility index (Phi) is 6.86. The van der Waals surface area contributed by atoms with Gasteiger partial charge < -0.3 is 15.5 Å². The average molecular weight is 403 g/mol. The summed E-state index contributed by atoms with van der Waals surface area (Å²) in [7, 11) is 0. The van der Waals surface area contributed by atoms with Gasteiger partial charge in [-0.25, -0.2) is 0 Å². The van der Waals surface area contributed by atoms with Crippen molar-refractivity contribution < 1.29 is 19.8 Å².